The summed E-state index contributed by atoms with van der Waals surface area (Å²) in [5, 5.41) is 0. The summed E-state index contributed by atoms with van der Waals surface area (Å²) in [6.07, 6.45) is 4.87. The molecule has 0 spiro atoms. The number of amides is 1. The van der Waals surface area contributed by atoms with Gasteiger partial charge in [-0.3, -0.25) is 19.7 Å². The lowest BCUT2D eigenvalue weighted by Gasteiger charge is -2.32. The first-order valence-electron chi connectivity index (χ1n) is 9.85. The van der Waals surface area contributed by atoms with E-state index in [1.165, 1.54) is 0 Å². The van der Waals surface area contributed by atoms with Gasteiger partial charge in [0.05, 0.1) is 30.0 Å². The number of hydrogen-bond acceptors (Lipinski definition) is 5. The van der Waals surface area contributed by atoms with E-state index >= 15 is 0 Å². The molecule has 2 aromatic rings. The zero-order valence-corrected chi connectivity index (χ0v) is 17.6. The first-order chi connectivity index (χ1) is 15.1. The Morgan fingerprint density at radius 1 is 1.25 bits per heavy atom. The second kappa shape index (κ2) is 7.58. The Kier molecular flexibility index (Phi) is 5.15. The van der Waals surface area contributed by atoms with Crippen molar-refractivity contribution >= 4 is 17.6 Å². The van der Waals surface area contributed by atoms with Crippen LogP contribution in [0.1, 0.15) is 41.4 Å². The molecule has 166 valence electrons. The third-order valence-corrected chi connectivity index (χ3v) is 5.92. The minimum absolute atomic E-state index is 0.150. The van der Waals surface area contributed by atoms with Crippen LogP contribution in [0.2, 0.25) is 0 Å². The number of nitrogens with zero attached hydrogens (tertiary/aromatic N) is 3. The van der Waals surface area contributed by atoms with E-state index in [1.54, 1.807) is 55.4 Å². The van der Waals surface area contributed by atoms with E-state index in [2.05, 4.69) is 14.7 Å². The lowest BCUT2D eigenvalue weighted by molar-refractivity contribution is -0.141. The van der Waals surface area contributed by atoms with Gasteiger partial charge >= 0.3 is 12.1 Å². The second-order valence-corrected chi connectivity index (χ2v) is 8.21. The average Bonchev–Trinajstić information content (AvgIpc) is 2.98. The van der Waals surface area contributed by atoms with E-state index in [0.29, 0.717) is 16.9 Å². The maximum Gasteiger partial charge on any atom is 0.434 e. The van der Waals surface area contributed by atoms with Crippen LogP contribution in [0, 0.1) is 11.3 Å². The highest BCUT2D eigenvalue weighted by Gasteiger charge is 2.54. The lowest BCUT2D eigenvalue weighted by atomic mass is 9.69. The van der Waals surface area contributed by atoms with Crippen LogP contribution in [0.3, 0.4) is 0 Å². The van der Waals surface area contributed by atoms with Gasteiger partial charge in [0.2, 0.25) is 5.91 Å². The van der Waals surface area contributed by atoms with Crippen molar-refractivity contribution in [2.24, 2.45) is 11.3 Å². The van der Waals surface area contributed by atoms with Gasteiger partial charge in [-0.15, -0.1) is 0 Å². The van der Waals surface area contributed by atoms with Crippen molar-refractivity contribution in [1.82, 2.24) is 9.97 Å². The molecule has 0 saturated carbocycles. The zero-order chi connectivity index (χ0) is 23.3. The van der Waals surface area contributed by atoms with Crippen LogP contribution in [-0.2, 0) is 15.7 Å². The van der Waals surface area contributed by atoms with E-state index in [0.717, 1.165) is 19.4 Å². The van der Waals surface area contributed by atoms with Gasteiger partial charge < -0.3 is 4.74 Å². The molecule has 1 amide bonds. The normalized spacial score (nSPS) is 21.9. The topological polar surface area (TPSA) is 72.4 Å². The molecule has 1 aliphatic carbocycles. The number of rotatable bonds is 3. The molecule has 1 fully saturated rings. The number of esters is 1. The molecular formula is C23H20F3N3O3. The van der Waals surface area contributed by atoms with Gasteiger partial charge in [-0.25, -0.2) is 4.79 Å². The quantitative estimate of drug-likeness (QED) is 0.653. The van der Waals surface area contributed by atoms with Gasteiger partial charge in [0.1, 0.15) is 0 Å². The summed E-state index contributed by atoms with van der Waals surface area (Å²) in [5.41, 5.74) is -1.13. The number of hydrogen-bond donors (Lipinski definition) is 0. The standard InChI is InChI=1S/C23H20F3N3O3/c1-22(2)18-15(13-10-16(20(30)32-3)19(28-11-13)23(24,25)26)7-4-8-17(18)29(21(22)31)14-6-5-9-27-12-14/h4-12,15,18H,1-3H3. The lowest BCUT2D eigenvalue weighted by Crippen LogP contribution is -2.32. The summed E-state index contributed by atoms with van der Waals surface area (Å²) in [4.78, 5) is 34.7. The molecule has 1 aliphatic heterocycles. The fourth-order valence-corrected chi connectivity index (χ4v) is 4.45. The van der Waals surface area contributed by atoms with Crippen molar-refractivity contribution < 1.29 is 27.5 Å². The first kappa shape index (κ1) is 21.7. The van der Waals surface area contributed by atoms with Gasteiger partial charge in [0.15, 0.2) is 5.69 Å². The molecule has 1 saturated heterocycles. The Bertz CT molecular complexity index is 1140. The molecule has 0 bridgehead atoms. The van der Waals surface area contributed by atoms with E-state index in [1.807, 2.05) is 6.08 Å². The molecule has 3 heterocycles. The van der Waals surface area contributed by atoms with E-state index < -0.39 is 34.7 Å². The van der Waals surface area contributed by atoms with Crippen LogP contribution >= 0.6 is 0 Å². The number of pyridine rings is 2. The fraction of sp³-hybridized carbons (Fsp3) is 0.304. The van der Waals surface area contributed by atoms with E-state index in [-0.39, 0.29) is 11.8 Å². The predicted molar refractivity (Wildman–Crippen MR) is 110 cm³/mol. The number of methoxy groups -OCH3 is 1. The number of anilines is 1. The average molecular weight is 443 g/mol. The summed E-state index contributed by atoms with van der Waals surface area (Å²) in [6, 6.07) is 4.65. The van der Waals surface area contributed by atoms with Crippen LogP contribution in [0.15, 0.2) is 60.7 Å². The number of allylic oxidation sites excluding steroid dienone is 4. The largest absolute Gasteiger partial charge is 0.465 e. The Labute approximate surface area is 182 Å². The van der Waals surface area contributed by atoms with Crippen molar-refractivity contribution in [2.45, 2.75) is 25.9 Å². The van der Waals surface area contributed by atoms with Crippen molar-refractivity contribution in [3.8, 4) is 0 Å². The summed E-state index contributed by atoms with van der Waals surface area (Å²) in [5.74, 6) is -2.14. The third kappa shape index (κ3) is 3.37. The Morgan fingerprint density at radius 2 is 2.00 bits per heavy atom. The van der Waals surface area contributed by atoms with Crippen LogP contribution in [0.25, 0.3) is 0 Å². The molecule has 0 aromatic carbocycles. The maximum absolute atomic E-state index is 13.4. The predicted octanol–water partition coefficient (Wildman–Crippen LogP) is 4.51. The molecular weight excluding hydrogens is 423 g/mol. The number of aromatic nitrogens is 2. The number of ether oxygens (including phenoxy) is 1. The summed E-state index contributed by atoms with van der Waals surface area (Å²) >= 11 is 0. The monoisotopic (exact) mass is 443 g/mol. The SMILES string of the molecule is COC(=O)c1cc(C2C=CC=C3C2C(C)(C)C(=O)N3c2cccnc2)cnc1C(F)(F)F. The number of carbonyl (C=O) groups excluding carboxylic acids is 2. The third-order valence-electron chi connectivity index (χ3n) is 5.92. The molecule has 32 heavy (non-hydrogen) atoms. The first-order valence-corrected chi connectivity index (χ1v) is 9.85. The molecule has 2 aromatic heterocycles. The smallest absolute Gasteiger partial charge is 0.434 e. The molecule has 0 radical (unpaired) electrons. The summed E-state index contributed by atoms with van der Waals surface area (Å²) < 4.78 is 44.7. The number of carbonyl (C=O) groups is 2. The Hall–Kier alpha value is -3.49. The summed E-state index contributed by atoms with van der Waals surface area (Å²) in [7, 11) is 1.01. The van der Waals surface area contributed by atoms with Gasteiger partial charge in [-0.1, -0.05) is 26.0 Å². The number of alkyl halides is 3. The van der Waals surface area contributed by atoms with Crippen LogP contribution in [0.5, 0.6) is 0 Å². The second-order valence-electron chi connectivity index (χ2n) is 8.21. The number of halogens is 3. The molecule has 9 heteroatoms. The van der Waals surface area contributed by atoms with Crippen molar-refractivity contribution in [3.63, 3.8) is 0 Å². The zero-order valence-electron chi connectivity index (χ0n) is 17.6. The highest BCUT2D eigenvalue weighted by molar-refractivity contribution is 6.04. The molecule has 6 nitrogen and oxygen atoms in total. The van der Waals surface area contributed by atoms with Crippen molar-refractivity contribution in [1.29, 1.82) is 0 Å². The van der Waals surface area contributed by atoms with E-state index in [9.17, 15) is 22.8 Å². The van der Waals surface area contributed by atoms with Gasteiger partial charge in [-0.05, 0) is 29.8 Å². The highest BCUT2D eigenvalue weighted by Crippen LogP contribution is 2.53. The minimum Gasteiger partial charge on any atom is -0.465 e. The molecule has 2 unspecified atom stereocenters. The van der Waals surface area contributed by atoms with Crippen LogP contribution in [0.4, 0.5) is 18.9 Å². The van der Waals surface area contributed by atoms with Crippen molar-refractivity contribution in [2.75, 3.05) is 12.0 Å². The van der Waals surface area contributed by atoms with Crippen LogP contribution < -0.4 is 4.90 Å². The highest BCUT2D eigenvalue weighted by atomic mass is 19.4. The molecule has 0 N–H and O–H groups in total. The van der Waals surface area contributed by atoms with E-state index in [4.69, 9.17) is 0 Å². The minimum atomic E-state index is -4.81. The molecule has 2 aliphatic rings. The fourth-order valence-electron chi connectivity index (χ4n) is 4.45. The molecule has 4 rings (SSSR count). The molecule has 2 atom stereocenters. The summed E-state index contributed by atoms with van der Waals surface area (Å²) in [6.45, 7) is 3.60. The maximum atomic E-state index is 13.4. The van der Waals surface area contributed by atoms with Gasteiger partial charge in [0, 0.05) is 29.9 Å². The Morgan fingerprint density at radius 3 is 2.62 bits per heavy atom. The van der Waals surface area contributed by atoms with Gasteiger partial charge in [-0.2, -0.15) is 13.2 Å². The van der Waals surface area contributed by atoms with Gasteiger partial charge in [0.25, 0.3) is 0 Å². The van der Waals surface area contributed by atoms with Crippen molar-refractivity contribution in [3.05, 3.63) is 77.5 Å². The Balaban J connectivity index is 1.82. The van der Waals surface area contributed by atoms with Crippen LogP contribution in [-0.4, -0.2) is 29.0 Å². The number of fused-ring (bicyclic) bond motifs is 1.